The van der Waals surface area contributed by atoms with Crippen LogP contribution in [0.1, 0.15) is 68.2 Å². The SMILES string of the molecule is C#Cc1ccc(C2=NC3(CCCCC3)N(CC(=C)c3cccc(C(C)(C)F)c3)C2=C)cc1. The van der Waals surface area contributed by atoms with Crippen LogP contribution in [0.3, 0.4) is 0 Å². The van der Waals surface area contributed by atoms with Gasteiger partial charge in [-0.05, 0) is 74.4 Å². The van der Waals surface area contributed by atoms with E-state index in [4.69, 9.17) is 11.4 Å². The lowest BCUT2D eigenvalue weighted by Crippen LogP contribution is -2.45. The van der Waals surface area contributed by atoms with Crippen molar-refractivity contribution in [3.05, 3.63) is 89.6 Å². The molecule has 32 heavy (non-hydrogen) atoms. The summed E-state index contributed by atoms with van der Waals surface area (Å²) in [5.41, 5.74) is 4.63. The molecule has 164 valence electrons. The van der Waals surface area contributed by atoms with E-state index in [1.54, 1.807) is 13.8 Å². The minimum absolute atomic E-state index is 0.282. The second kappa shape index (κ2) is 8.43. The molecule has 0 aromatic heterocycles. The maximum atomic E-state index is 14.5. The Balaban J connectivity index is 1.65. The van der Waals surface area contributed by atoms with Crippen LogP contribution < -0.4 is 0 Å². The summed E-state index contributed by atoms with van der Waals surface area (Å²) in [4.78, 5) is 7.59. The maximum absolute atomic E-state index is 14.5. The van der Waals surface area contributed by atoms with E-state index >= 15 is 0 Å². The second-order valence-corrected chi connectivity index (χ2v) is 9.41. The molecule has 0 unspecified atom stereocenters. The third kappa shape index (κ3) is 4.15. The summed E-state index contributed by atoms with van der Waals surface area (Å²) in [6, 6.07) is 15.6. The maximum Gasteiger partial charge on any atom is 0.133 e. The van der Waals surface area contributed by atoms with E-state index in [1.165, 1.54) is 6.42 Å². The van der Waals surface area contributed by atoms with Gasteiger partial charge in [-0.25, -0.2) is 4.39 Å². The van der Waals surface area contributed by atoms with Gasteiger partial charge >= 0.3 is 0 Å². The van der Waals surface area contributed by atoms with Gasteiger partial charge in [0.2, 0.25) is 0 Å². The molecule has 3 heteroatoms. The number of allylic oxidation sites excluding steroid dienone is 1. The van der Waals surface area contributed by atoms with Crippen LogP contribution in [0.2, 0.25) is 0 Å². The molecule has 0 radical (unpaired) electrons. The van der Waals surface area contributed by atoms with Crippen LogP contribution in [0.5, 0.6) is 0 Å². The Labute approximate surface area is 191 Å². The van der Waals surface area contributed by atoms with Gasteiger partial charge < -0.3 is 4.90 Å². The fourth-order valence-electron chi connectivity index (χ4n) is 4.80. The van der Waals surface area contributed by atoms with Gasteiger partial charge in [0.25, 0.3) is 0 Å². The van der Waals surface area contributed by atoms with Crippen molar-refractivity contribution >= 4 is 11.3 Å². The molecule has 0 atom stereocenters. The minimum atomic E-state index is -1.39. The van der Waals surface area contributed by atoms with Crippen LogP contribution in [0.15, 0.2) is 72.4 Å². The molecule has 2 nitrogen and oxygen atoms in total. The van der Waals surface area contributed by atoms with Gasteiger partial charge in [-0.15, -0.1) is 6.42 Å². The van der Waals surface area contributed by atoms with Gasteiger partial charge in [-0.3, -0.25) is 4.99 Å². The van der Waals surface area contributed by atoms with Gasteiger partial charge in [-0.2, -0.15) is 0 Å². The highest BCUT2D eigenvalue weighted by molar-refractivity contribution is 6.13. The van der Waals surface area contributed by atoms with Crippen LogP contribution in [0.4, 0.5) is 4.39 Å². The number of aliphatic imine (C=N–C) groups is 1. The third-order valence-electron chi connectivity index (χ3n) is 6.71. The highest BCUT2D eigenvalue weighted by Crippen LogP contribution is 2.43. The Kier molecular flexibility index (Phi) is 5.82. The van der Waals surface area contributed by atoms with E-state index in [1.807, 2.05) is 48.5 Å². The van der Waals surface area contributed by atoms with E-state index in [0.29, 0.717) is 12.1 Å². The summed E-state index contributed by atoms with van der Waals surface area (Å²) in [6.45, 7) is 12.6. The van der Waals surface area contributed by atoms with Gasteiger partial charge in [-0.1, -0.05) is 55.8 Å². The number of nitrogens with zero attached hydrogens (tertiary/aromatic N) is 2. The summed E-state index contributed by atoms with van der Waals surface area (Å²) in [6.07, 6.45) is 11.1. The van der Waals surface area contributed by atoms with E-state index in [2.05, 4.69) is 24.0 Å². The predicted octanol–water partition coefficient (Wildman–Crippen LogP) is 6.86. The highest BCUT2D eigenvalue weighted by Gasteiger charge is 2.44. The molecule has 0 saturated heterocycles. The molecule has 0 N–H and O–H groups in total. The molecular weight excluding hydrogens is 395 g/mol. The summed E-state index contributed by atoms with van der Waals surface area (Å²) in [7, 11) is 0. The Morgan fingerprint density at radius 1 is 1.16 bits per heavy atom. The number of hydrogen-bond donors (Lipinski definition) is 0. The first-order chi connectivity index (χ1) is 15.2. The molecule has 1 spiro atoms. The number of terminal acetylenes is 1. The van der Waals surface area contributed by atoms with Gasteiger partial charge in [0.1, 0.15) is 11.3 Å². The predicted molar refractivity (Wildman–Crippen MR) is 132 cm³/mol. The molecule has 1 aliphatic carbocycles. The summed E-state index contributed by atoms with van der Waals surface area (Å²) < 4.78 is 14.5. The molecule has 1 saturated carbocycles. The second-order valence-electron chi connectivity index (χ2n) is 9.41. The summed E-state index contributed by atoms with van der Waals surface area (Å²) >= 11 is 0. The first kappa shape index (κ1) is 22.1. The van der Waals surface area contributed by atoms with Crippen LogP contribution in [0, 0.1) is 12.3 Å². The van der Waals surface area contributed by atoms with Crippen LogP contribution in [-0.4, -0.2) is 22.8 Å². The molecular formula is C29H31FN2. The molecule has 0 amide bonds. The number of halogens is 1. The quantitative estimate of drug-likeness (QED) is 0.477. The van der Waals surface area contributed by atoms with E-state index in [9.17, 15) is 4.39 Å². The lowest BCUT2D eigenvalue weighted by molar-refractivity contribution is 0.125. The zero-order valence-corrected chi connectivity index (χ0v) is 19.1. The zero-order chi connectivity index (χ0) is 22.9. The first-order valence-corrected chi connectivity index (χ1v) is 11.3. The monoisotopic (exact) mass is 426 g/mol. The average molecular weight is 427 g/mol. The summed E-state index contributed by atoms with van der Waals surface area (Å²) in [5.74, 6) is 2.67. The lowest BCUT2D eigenvalue weighted by atomic mass is 9.88. The number of hydrogen-bond acceptors (Lipinski definition) is 2. The molecule has 1 aliphatic heterocycles. The highest BCUT2D eigenvalue weighted by atomic mass is 19.1. The van der Waals surface area contributed by atoms with Crippen LogP contribution in [0.25, 0.3) is 5.57 Å². The molecule has 0 bridgehead atoms. The molecule has 1 heterocycles. The van der Waals surface area contributed by atoms with Crippen molar-refractivity contribution in [3.8, 4) is 12.3 Å². The smallest absolute Gasteiger partial charge is 0.133 e. The fraction of sp³-hybridized carbons (Fsp3) is 0.345. The van der Waals surface area contributed by atoms with Gasteiger partial charge in [0.15, 0.2) is 0 Å². The largest absolute Gasteiger partial charge is 0.341 e. The van der Waals surface area contributed by atoms with Crippen molar-refractivity contribution in [1.29, 1.82) is 0 Å². The Hall–Kier alpha value is -3.12. The first-order valence-electron chi connectivity index (χ1n) is 11.3. The van der Waals surface area contributed by atoms with E-state index in [-0.39, 0.29) is 5.66 Å². The molecule has 4 rings (SSSR count). The standard InChI is InChI=1S/C29H31FN2/c1-6-23-13-15-24(16-14-23)27-22(3)32(29(31-27)17-8-7-9-18-29)20-21(2)25-11-10-12-26(19-25)28(4,5)30/h1,10-16,19H,2-3,7-9,17-18,20H2,4-5H3. The molecule has 2 aromatic carbocycles. The molecule has 2 aromatic rings. The minimum Gasteiger partial charge on any atom is -0.341 e. The fourth-order valence-corrected chi connectivity index (χ4v) is 4.80. The average Bonchev–Trinajstić information content (AvgIpc) is 3.05. The molecule has 2 aliphatic rings. The van der Waals surface area contributed by atoms with Gasteiger partial charge in [0.05, 0.1) is 11.4 Å². The van der Waals surface area contributed by atoms with Crippen LogP contribution >= 0.6 is 0 Å². The topological polar surface area (TPSA) is 15.6 Å². The normalized spacial score (nSPS) is 17.9. The lowest BCUT2D eigenvalue weighted by Gasteiger charge is -2.41. The number of rotatable bonds is 5. The van der Waals surface area contributed by atoms with Crippen molar-refractivity contribution in [3.63, 3.8) is 0 Å². The Bertz CT molecular complexity index is 1100. The molecule has 1 fully saturated rings. The van der Waals surface area contributed by atoms with Crippen molar-refractivity contribution in [2.24, 2.45) is 4.99 Å². The van der Waals surface area contributed by atoms with Crippen molar-refractivity contribution < 1.29 is 4.39 Å². The van der Waals surface area contributed by atoms with Crippen molar-refractivity contribution in [2.75, 3.05) is 6.54 Å². The third-order valence-corrected chi connectivity index (χ3v) is 6.71. The van der Waals surface area contributed by atoms with E-state index in [0.717, 1.165) is 59.4 Å². The van der Waals surface area contributed by atoms with Gasteiger partial charge in [0, 0.05) is 17.7 Å². The number of alkyl halides is 1. The Morgan fingerprint density at radius 2 is 1.84 bits per heavy atom. The zero-order valence-electron chi connectivity index (χ0n) is 19.1. The van der Waals surface area contributed by atoms with Crippen molar-refractivity contribution in [1.82, 2.24) is 4.90 Å². The van der Waals surface area contributed by atoms with E-state index < -0.39 is 5.67 Å². The summed E-state index contributed by atoms with van der Waals surface area (Å²) in [5, 5.41) is 0. The Morgan fingerprint density at radius 3 is 2.47 bits per heavy atom. The number of benzene rings is 2. The van der Waals surface area contributed by atoms with Crippen molar-refractivity contribution in [2.45, 2.75) is 57.3 Å². The van der Waals surface area contributed by atoms with Crippen LogP contribution in [-0.2, 0) is 5.67 Å².